The Labute approximate surface area is 79.5 Å². The summed E-state index contributed by atoms with van der Waals surface area (Å²) in [5, 5.41) is 12.1. The quantitative estimate of drug-likeness (QED) is 0.661. The lowest BCUT2D eigenvalue weighted by Gasteiger charge is -2.18. The predicted molar refractivity (Wildman–Crippen MR) is 51.7 cm³/mol. The van der Waals surface area contributed by atoms with Gasteiger partial charge < -0.3 is 10.4 Å². The van der Waals surface area contributed by atoms with E-state index in [1.54, 1.807) is 0 Å². The second kappa shape index (κ2) is 4.61. The fraction of sp³-hybridized carbons (Fsp3) is 0.900. The largest absolute Gasteiger partial charge is 0.481 e. The van der Waals surface area contributed by atoms with E-state index in [2.05, 4.69) is 19.2 Å². The van der Waals surface area contributed by atoms with Gasteiger partial charge in [-0.2, -0.15) is 0 Å². The first-order valence-corrected chi connectivity index (χ1v) is 5.05. The van der Waals surface area contributed by atoms with Crippen molar-refractivity contribution in [2.45, 2.75) is 51.6 Å². The van der Waals surface area contributed by atoms with Crippen molar-refractivity contribution in [1.82, 2.24) is 5.32 Å². The molecule has 0 amide bonds. The van der Waals surface area contributed by atoms with Crippen LogP contribution in [-0.2, 0) is 4.79 Å². The minimum atomic E-state index is -0.696. The Morgan fingerprint density at radius 1 is 1.54 bits per heavy atom. The zero-order chi connectivity index (χ0) is 9.84. The van der Waals surface area contributed by atoms with Crippen molar-refractivity contribution >= 4 is 5.97 Å². The highest BCUT2D eigenvalue weighted by Crippen LogP contribution is 2.21. The summed E-state index contributed by atoms with van der Waals surface area (Å²) < 4.78 is 0. The van der Waals surface area contributed by atoms with Crippen molar-refractivity contribution in [3.8, 4) is 0 Å². The third-order valence-corrected chi connectivity index (χ3v) is 2.23. The number of hydrogen-bond acceptors (Lipinski definition) is 2. The van der Waals surface area contributed by atoms with Gasteiger partial charge in [-0.25, -0.2) is 0 Å². The minimum absolute atomic E-state index is 0.171. The Morgan fingerprint density at radius 3 is 2.54 bits per heavy atom. The minimum Gasteiger partial charge on any atom is -0.481 e. The molecule has 76 valence electrons. The molecule has 0 saturated heterocycles. The van der Waals surface area contributed by atoms with Gasteiger partial charge in [-0.1, -0.05) is 13.8 Å². The van der Waals surface area contributed by atoms with Crippen LogP contribution in [0.15, 0.2) is 0 Å². The standard InChI is InChI=1S/C10H19NO2/c1-7(2)5-9(6-10(12)13)11-8-3-4-8/h7-9,11H,3-6H2,1-2H3,(H,12,13). The number of carboxylic acid groups (broad SMARTS) is 1. The lowest BCUT2D eigenvalue weighted by Crippen LogP contribution is -2.34. The second-order valence-electron chi connectivity index (χ2n) is 4.37. The molecule has 3 heteroatoms. The Kier molecular flexibility index (Phi) is 3.72. The van der Waals surface area contributed by atoms with Gasteiger partial charge >= 0.3 is 5.97 Å². The topological polar surface area (TPSA) is 49.3 Å². The van der Waals surface area contributed by atoms with Gasteiger partial charge in [-0.3, -0.25) is 4.79 Å². The molecule has 0 spiro atoms. The van der Waals surface area contributed by atoms with Crippen LogP contribution in [0.25, 0.3) is 0 Å². The Balaban J connectivity index is 2.27. The zero-order valence-electron chi connectivity index (χ0n) is 8.42. The molecule has 1 aliphatic carbocycles. The van der Waals surface area contributed by atoms with E-state index in [4.69, 9.17) is 5.11 Å². The third-order valence-electron chi connectivity index (χ3n) is 2.23. The summed E-state index contributed by atoms with van der Waals surface area (Å²) in [6.07, 6.45) is 3.65. The second-order valence-corrected chi connectivity index (χ2v) is 4.37. The number of carboxylic acids is 1. The van der Waals surface area contributed by atoms with Crippen LogP contribution in [0, 0.1) is 5.92 Å². The van der Waals surface area contributed by atoms with E-state index in [0.717, 1.165) is 6.42 Å². The summed E-state index contributed by atoms with van der Waals surface area (Å²) in [6, 6.07) is 0.771. The van der Waals surface area contributed by atoms with E-state index in [9.17, 15) is 4.79 Å². The van der Waals surface area contributed by atoms with Crippen LogP contribution in [0.1, 0.15) is 39.5 Å². The first-order valence-electron chi connectivity index (χ1n) is 5.05. The first kappa shape index (κ1) is 10.5. The summed E-state index contributed by atoms with van der Waals surface area (Å²) in [5.74, 6) is -0.130. The average Bonchev–Trinajstić information content (AvgIpc) is 2.67. The van der Waals surface area contributed by atoms with Gasteiger partial charge in [0.25, 0.3) is 0 Å². The highest BCUT2D eigenvalue weighted by Gasteiger charge is 2.25. The molecule has 1 saturated carbocycles. The molecule has 0 aliphatic heterocycles. The predicted octanol–water partition coefficient (Wildman–Crippen LogP) is 1.63. The molecule has 0 aromatic carbocycles. The Morgan fingerprint density at radius 2 is 2.15 bits per heavy atom. The van der Waals surface area contributed by atoms with Crippen molar-refractivity contribution < 1.29 is 9.90 Å². The molecule has 1 aliphatic rings. The van der Waals surface area contributed by atoms with Gasteiger partial charge in [0.05, 0.1) is 6.42 Å². The molecule has 0 radical (unpaired) electrons. The van der Waals surface area contributed by atoms with E-state index in [-0.39, 0.29) is 12.5 Å². The van der Waals surface area contributed by atoms with Gasteiger partial charge in [0.2, 0.25) is 0 Å². The maximum Gasteiger partial charge on any atom is 0.304 e. The van der Waals surface area contributed by atoms with Crippen molar-refractivity contribution in [2.75, 3.05) is 0 Å². The van der Waals surface area contributed by atoms with Crippen LogP contribution in [0.5, 0.6) is 0 Å². The smallest absolute Gasteiger partial charge is 0.304 e. The molecule has 0 bridgehead atoms. The van der Waals surface area contributed by atoms with Gasteiger partial charge in [-0.15, -0.1) is 0 Å². The van der Waals surface area contributed by atoms with Gasteiger partial charge in [-0.05, 0) is 25.2 Å². The number of carbonyl (C=O) groups is 1. The summed E-state index contributed by atoms with van der Waals surface area (Å²) in [7, 11) is 0. The number of hydrogen-bond donors (Lipinski definition) is 2. The molecule has 0 heterocycles. The van der Waals surface area contributed by atoms with E-state index in [1.807, 2.05) is 0 Å². The number of nitrogens with one attached hydrogen (secondary N) is 1. The SMILES string of the molecule is CC(C)CC(CC(=O)O)NC1CC1. The molecule has 1 rings (SSSR count). The Bertz CT molecular complexity index is 172. The molecule has 13 heavy (non-hydrogen) atoms. The molecule has 0 aromatic heterocycles. The van der Waals surface area contributed by atoms with E-state index in [1.165, 1.54) is 12.8 Å². The van der Waals surface area contributed by atoms with Crippen LogP contribution in [0.4, 0.5) is 0 Å². The molecule has 2 N–H and O–H groups in total. The van der Waals surface area contributed by atoms with Crippen LogP contribution >= 0.6 is 0 Å². The summed E-state index contributed by atoms with van der Waals surface area (Å²) in [5.41, 5.74) is 0. The van der Waals surface area contributed by atoms with Crippen molar-refractivity contribution in [3.05, 3.63) is 0 Å². The van der Waals surface area contributed by atoms with E-state index >= 15 is 0 Å². The van der Waals surface area contributed by atoms with Crippen molar-refractivity contribution in [1.29, 1.82) is 0 Å². The molecule has 0 aromatic rings. The van der Waals surface area contributed by atoms with Crippen LogP contribution in [-0.4, -0.2) is 23.2 Å². The molecular formula is C10H19NO2. The van der Waals surface area contributed by atoms with Gasteiger partial charge in [0, 0.05) is 12.1 Å². The molecule has 1 fully saturated rings. The summed E-state index contributed by atoms with van der Waals surface area (Å²) >= 11 is 0. The highest BCUT2D eigenvalue weighted by atomic mass is 16.4. The Hall–Kier alpha value is -0.570. The summed E-state index contributed by atoms with van der Waals surface area (Å²) in [6.45, 7) is 4.26. The van der Waals surface area contributed by atoms with Crippen LogP contribution in [0.3, 0.4) is 0 Å². The first-order chi connectivity index (χ1) is 6.08. The molecule has 1 atom stereocenters. The van der Waals surface area contributed by atoms with Gasteiger partial charge in [0.1, 0.15) is 0 Å². The normalized spacial score (nSPS) is 19.0. The lowest BCUT2D eigenvalue weighted by atomic mass is 10.0. The van der Waals surface area contributed by atoms with Crippen LogP contribution in [0.2, 0.25) is 0 Å². The average molecular weight is 185 g/mol. The third kappa shape index (κ3) is 4.88. The van der Waals surface area contributed by atoms with E-state index in [0.29, 0.717) is 12.0 Å². The molecular weight excluding hydrogens is 166 g/mol. The monoisotopic (exact) mass is 185 g/mol. The summed E-state index contributed by atoms with van der Waals surface area (Å²) in [4.78, 5) is 10.6. The fourth-order valence-corrected chi connectivity index (χ4v) is 1.57. The molecule has 3 nitrogen and oxygen atoms in total. The zero-order valence-corrected chi connectivity index (χ0v) is 8.42. The number of rotatable bonds is 6. The van der Waals surface area contributed by atoms with Gasteiger partial charge in [0.15, 0.2) is 0 Å². The maximum absolute atomic E-state index is 10.6. The van der Waals surface area contributed by atoms with Crippen molar-refractivity contribution in [3.63, 3.8) is 0 Å². The lowest BCUT2D eigenvalue weighted by molar-refractivity contribution is -0.137. The maximum atomic E-state index is 10.6. The number of aliphatic carboxylic acids is 1. The molecule has 1 unspecified atom stereocenters. The van der Waals surface area contributed by atoms with E-state index < -0.39 is 5.97 Å². The fourth-order valence-electron chi connectivity index (χ4n) is 1.57. The van der Waals surface area contributed by atoms with Crippen molar-refractivity contribution in [2.24, 2.45) is 5.92 Å². The highest BCUT2D eigenvalue weighted by molar-refractivity contribution is 5.67. The van der Waals surface area contributed by atoms with Crippen LogP contribution < -0.4 is 5.32 Å².